The van der Waals surface area contributed by atoms with E-state index in [0.29, 0.717) is 18.2 Å². The van der Waals surface area contributed by atoms with Crippen molar-refractivity contribution in [2.75, 3.05) is 0 Å². The number of benzene rings is 2. The number of fused-ring (bicyclic) bond motifs is 1. The number of rotatable bonds is 5. The first-order chi connectivity index (χ1) is 11.4. The summed E-state index contributed by atoms with van der Waals surface area (Å²) < 4.78 is 5.99. The van der Waals surface area contributed by atoms with Gasteiger partial charge < -0.3 is 4.74 Å². The molecule has 2 nitrogen and oxygen atoms in total. The van der Waals surface area contributed by atoms with Crippen LogP contribution in [0.4, 0.5) is 0 Å². The summed E-state index contributed by atoms with van der Waals surface area (Å²) in [5.41, 5.74) is 2.79. The maximum atomic E-state index is 5.99. The third-order valence-electron chi connectivity index (χ3n) is 5.17. The average molecular weight is 307 g/mol. The van der Waals surface area contributed by atoms with E-state index in [1.807, 2.05) is 0 Å². The van der Waals surface area contributed by atoms with Crippen LogP contribution in [0.5, 0.6) is 0 Å². The van der Waals surface area contributed by atoms with Crippen LogP contribution in [0.3, 0.4) is 0 Å². The lowest BCUT2D eigenvalue weighted by Crippen LogP contribution is -2.38. The van der Waals surface area contributed by atoms with Gasteiger partial charge in [0.2, 0.25) is 0 Å². The van der Waals surface area contributed by atoms with Crippen molar-refractivity contribution in [3.05, 3.63) is 71.8 Å². The van der Waals surface area contributed by atoms with E-state index in [1.54, 1.807) is 0 Å². The van der Waals surface area contributed by atoms with Gasteiger partial charge >= 0.3 is 0 Å². The zero-order valence-electron chi connectivity index (χ0n) is 13.6. The molecule has 2 aromatic carbocycles. The van der Waals surface area contributed by atoms with Crippen LogP contribution < -0.4 is 0 Å². The molecule has 2 heteroatoms. The van der Waals surface area contributed by atoms with Crippen LogP contribution in [0.1, 0.15) is 36.8 Å². The molecule has 0 N–H and O–H groups in total. The highest BCUT2D eigenvalue weighted by Gasteiger charge is 2.47. The molecule has 4 rings (SSSR count). The molecule has 1 aliphatic heterocycles. The first kappa shape index (κ1) is 14.9. The van der Waals surface area contributed by atoms with Crippen molar-refractivity contribution in [3.63, 3.8) is 0 Å². The lowest BCUT2D eigenvalue weighted by atomic mass is 10.0. The first-order valence-corrected chi connectivity index (χ1v) is 8.87. The largest absolute Gasteiger partial charge is 0.368 e. The van der Waals surface area contributed by atoms with Crippen molar-refractivity contribution >= 4 is 0 Å². The Morgan fingerprint density at radius 3 is 1.96 bits per heavy atom. The Morgan fingerprint density at radius 2 is 1.35 bits per heavy atom. The van der Waals surface area contributed by atoms with Crippen LogP contribution in [0, 0.1) is 0 Å². The third kappa shape index (κ3) is 3.65. The molecule has 2 fully saturated rings. The highest BCUT2D eigenvalue weighted by Crippen LogP contribution is 2.38. The third-order valence-corrected chi connectivity index (χ3v) is 5.17. The van der Waals surface area contributed by atoms with Crippen LogP contribution in [-0.2, 0) is 17.8 Å². The van der Waals surface area contributed by atoms with Crippen LogP contribution in [-0.4, -0.2) is 23.1 Å². The van der Waals surface area contributed by atoms with E-state index in [0.717, 1.165) is 13.1 Å². The van der Waals surface area contributed by atoms with E-state index >= 15 is 0 Å². The van der Waals surface area contributed by atoms with Crippen molar-refractivity contribution in [1.29, 1.82) is 0 Å². The van der Waals surface area contributed by atoms with Gasteiger partial charge in [-0.1, -0.05) is 73.5 Å². The lowest BCUT2D eigenvalue weighted by molar-refractivity contribution is 0.133. The fourth-order valence-electron chi connectivity index (χ4n) is 3.91. The number of ether oxygens (including phenoxy) is 1. The van der Waals surface area contributed by atoms with E-state index in [-0.39, 0.29) is 0 Å². The van der Waals surface area contributed by atoms with E-state index in [1.165, 1.54) is 36.8 Å². The maximum absolute atomic E-state index is 5.99. The molecule has 2 aliphatic rings. The maximum Gasteiger partial charge on any atom is 0.0996 e. The molecular formula is C21H25NO. The van der Waals surface area contributed by atoms with Gasteiger partial charge in [0.25, 0.3) is 0 Å². The Labute approximate surface area is 139 Å². The summed E-state index contributed by atoms with van der Waals surface area (Å²) in [6, 6.07) is 22.2. The molecule has 1 saturated heterocycles. The minimum Gasteiger partial charge on any atom is -0.368 e. The summed E-state index contributed by atoms with van der Waals surface area (Å²) >= 11 is 0. The molecule has 1 saturated carbocycles. The molecule has 120 valence electrons. The minimum absolute atomic E-state index is 0.463. The topological polar surface area (TPSA) is 15.8 Å². The fourth-order valence-corrected chi connectivity index (χ4v) is 3.91. The Kier molecular flexibility index (Phi) is 4.45. The second-order valence-corrected chi connectivity index (χ2v) is 6.87. The Morgan fingerprint density at radius 1 is 0.783 bits per heavy atom. The van der Waals surface area contributed by atoms with E-state index in [2.05, 4.69) is 65.6 Å². The summed E-state index contributed by atoms with van der Waals surface area (Å²) in [6.07, 6.45) is 6.16. The summed E-state index contributed by atoms with van der Waals surface area (Å²) in [4.78, 5) is 2.64. The number of hydrogen-bond donors (Lipinski definition) is 0. The second kappa shape index (κ2) is 6.86. The van der Waals surface area contributed by atoms with E-state index in [9.17, 15) is 0 Å². The van der Waals surface area contributed by atoms with Crippen LogP contribution >= 0.6 is 0 Å². The smallest absolute Gasteiger partial charge is 0.0996 e. The van der Waals surface area contributed by atoms with Crippen molar-refractivity contribution in [2.24, 2.45) is 0 Å². The number of hydrogen-bond acceptors (Lipinski definition) is 2. The number of epoxide rings is 1. The normalized spacial score (nSPS) is 26.6. The van der Waals surface area contributed by atoms with Gasteiger partial charge in [0.1, 0.15) is 0 Å². The number of nitrogens with zero attached hydrogens (tertiary/aromatic N) is 1. The molecule has 2 aromatic rings. The van der Waals surface area contributed by atoms with Crippen molar-refractivity contribution in [2.45, 2.75) is 57.0 Å². The second-order valence-electron chi connectivity index (χ2n) is 6.87. The lowest BCUT2D eigenvalue weighted by Gasteiger charge is -2.31. The molecule has 0 amide bonds. The van der Waals surface area contributed by atoms with Gasteiger partial charge in [-0.05, 0) is 24.0 Å². The van der Waals surface area contributed by atoms with Gasteiger partial charge in [0.05, 0.1) is 12.2 Å². The molecule has 0 aromatic heterocycles. The van der Waals surface area contributed by atoms with Gasteiger partial charge in [-0.25, -0.2) is 0 Å². The van der Waals surface area contributed by atoms with Crippen LogP contribution in [0.2, 0.25) is 0 Å². The minimum atomic E-state index is 0.463. The van der Waals surface area contributed by atoms with Gasteiger partial charge in [-0.3, -0.25) is 4.90 Å². The van der Waals surface area contributed by atoms with Crippen molar-refractivity contribution < 1.29 is 4.74 Å². The summed E-state index contributed by atoms with van der Waals surface area (Å²) in [7, 11) is 0. The van der Waals surface area contributed by atoms with Gasteiger partial charge in [-0.2, -0.15) is 0 Å². The fraction of sp³-hybridized carbons (Fsp3) is 0.429. The molecule has 23 heavy (non-hydrogen) atoms. The molecule has 3 atom stereocenters. The quantitative estimate of drug-likeness (QED) is 0.761. The molecule has 0 bridgehead atoms. The molecule has 1 heterocycles. The highest BCUT2D eigenvalue weighted by molar-refractivity contribution is 5.18. The summed E-state index contributed by atoms with van der Waals surface area (Å²) in [6.45, 7) is 2.01. The summed E-state index contributed by atoms with van der Waals surface area (Å²) in [5.74, 6) is 0. The Balaban J connectivity index is 1.55. The zero-order valence-corrected chi connectivity index (χ0v) is 13.6. The van der Waals surface area contributed by atoms with E-state index < -0.39 is 0 Å². The Hall–Kier alpha value is -1.64. The van der Waals surface area contributed by atoms with Crippen molar-refractivity contribution in [3.8, 4) is 0 Å². The molecule has 0 unspecified atom stereocenters. The summed E-state index contributed by atoms with van der Waals surface area (Å²) in [5, 5.41) is 0. The predicted molar refractivity (Wildman–Crippen MR) is 93.0 cm³/mol. The van der Waals surface area contributed by atoms with Gasteiger partial charge in [0, 0.05) is 19.1 Å². The standard InChI is InChI=1S/C21H25NO/c1-3-9-17(10-4-1)15-22(16-18-11-5-2-6-12-18)19-13-7-8-14-20-21(19)23-20/h1-6,9-12,19-21H,7-8,13-16H2/t19-,20-,21+/m1/s1. The predicted octanol–water partition coefficient (Wildman–Crippen LogP) is 4.40. The van der Waals surface area contributed by atoms with Crippen LogP contribution in [0.15, 0.2) is 60.7 Å². The highest BCUT2D eigenvalue weighted by atomic mass is 16.6. The van der Waals surface area contributed by atoms with Crippen molar-refractivity contribution in [1.82, 2.24) is 4.90 Å². The average Bonchev–Trinajstić information content (AvgIpc) is 3.36. The van der Waals surface area contributed by atoms with Gasteiger partial charge in [0.15, 0.2) is 0 Å². The van der Waals surface area contributed by atoms with Gasteiger partial charge in [-0.15, -0.1) is 0 Å². The van der Waals surface area contributed by atoms with Crippen LogP contribution in [0.25, 0.3) is 0 Å². The molecule has 0 spiro atoms. The Bertz CT molecular complexity index is 571. The molecule has 1 aliphatic carbocycles. The zero-order chi connectivity index (χ0) is 15.5. The SMILES string of the molecule is c1ccc(CN(Cc2ccccc2)[C@@H]2CCCC[C@H]3O[C@@H]23)cc1. The first-order valence-electron chi connectivity index (χ1n) is 8.87. The molecular weight excluding hydrogens is 282 g/mol. The monoisotopic (exact) mass is 307 g/mol. The van der Waals surface area contributed by atoms with E-state index in [4.69, 9.17) is 4.74 Å². The molecule has 0 radical (unpaired) electrons.